The number of hydrogen-bond acceptors (Lipinski definition) is 2. The molecule has 0 atom stereocenters. The quantitative estimate of drug-likeness (QED) is 0.462. The molecule has 0 spiro atoms. The van der Waals surface area contributed by atoms with Crippen molar-refractivity contribution in [2.75, 3.05) is 0 Å². The molecule has 0 aromatic carbocycles. The summed E-state index contributed by atoms with van der Waals surface area (Å²) in [6.07, 6.45) is 9.92. The summed E-state index contributed by atoms with van der Waals surface area (Å²) < 4.78 is 0.294. The van der Waals surface area contributed by atoms with Gasteiger partial charge in [0.1, 0.15) is 0 Å². The molecule has 0 fully saturated rings. The van der Waals surface area contributed by atoms with Crippen LogP contribution in [0.25, 0.3) is 0 Å². The molecule has 15 heavy (non-hydrogen) atoms. The minimum atomic E-state index is 0.294. The summed E-state index contributed by atoms with van der Waals surface area (Å²) in [6, 6.07) is 0. The number of aliphatic hydroxyl groups is 2. The molecule has 1 aliphatic rings. The van der Waals surface area contributed by atoms with Gasteiger partial charge in [-0.15, -0.1) is 0 Å². The molecule has 0 saturated heterocycles. The average molecular weight is 318 g/mol. The largest absolute Gasteiger partial charge is 0.512 e. The molecule has 0 aromatic heterocycles. The first kappa shape index (κ1) is 12.4. The van der Waals surface area contributed by atoms with Crippen molar-refractivity contribution in [2.45, 2.75) is 26.2 Å². The molecule has 0 aromatic rings. The van der Waals surface area contributed by atoms with Gasteiger partial charge in [0.2, 0.25) is 0 Å². The van der Waals surface area contributed by atoms with Gasteiger partial charge >= 0.3 is 0 Å². The molecule has 1 rings (SSSR count). The molecule has 3 heteroatoms. The van der Waals surface area contributed by atoms with Gasteiger partial charge in [-0.2, -0.15) is 0 Å². The number of rotatable bonds is 3. The predicted molar refractivity (Wildman–Crippen MR) is 71.1 cm³/mol. The Bertz CT molecular complexity index is 345. The molecule has 0 aliphatic heterocycles. The van der Waals surface area contributed by atoms with Gasteiger partial charge in [-0.25, -0.2) is 0 Å². The molecule has 0 unspecified atom stereocenters. The normalized spacial score (nSPS) is 18.5. The Labute approximate surface area is 104 Å². The Morgan fingerprint density at radius 2 is 2.13 bits per heavy atom. The summed E-state index contributed by atoms with van der Waals surface area (Å²) in [7, 11) is 0. The zero-order chi connectivity index (χ0) is 11.3. The second-order valence-corrected chi connectivity index (χ2v) is 4.77. The molecule has 82 valence electrons. The van der Waals surface area contributed by atoms with Crippen molar-refractivity contribution in [3.63, 3.8) is 0 Å². The SMILES string of the molecule is C/C(=C\C=C(\O)I)CC1=CC=C(O)CC1. The summed E-state index contributed by atoms with van der Waals surface area (Å²) in [4.78, 5) is 0. The van der Waals surface area contributed by atoms with Crippen molar-refractivity contribution in [3.8, 4) is 0 Å². The Hall–Kier alpha value is -0.710. The van der Waals surface area contributed by atoms with Crippen LogP contribution in [0.5, 0.6) is 0 Å². The highest BCUT2D eigenvalue weighted by molar-refractivity contribution is 14.1. The fourth-order valence-electron chi connectivity index (χ4n) is 1.44. The van der Waals surface area contributed by atoms with E-state index in [0.29, 0.717) is 9.53 Å². The monoisotopic (exact) mass is 318 g/mol. The second-order valence-electron chi connectivity index (χ2n) is 3.66. The van der Waals surface area contributed by atoms with E-state index in [4.69, 9.17) is 5.11 Å². The molecule has 0 heterocycles. The summed E-state index contributed by atoms with van der Waals surface area (Å²) in [5.74, 6) is 0.463. The summed E-state index contributed by atoms with van der Waals surface area (Å²) >= 11 is 1.86. The van der Waals surface area contributed by atoms with Crippen molar-refractivity contribution in [1.29, 1.82) is 0 Å². The highest BCUT2D eigenvalue weighted by Gasteiger charge is 2.05. The minimum absolute atomic E-state index is 0.294. The first-order valence-electron chi connectivity index (χ1n) is 4.87. The van der Waals surface area contributed by atoms with Gasteiger partial charge in [-0.05, 0) is 54.5 Å². The topological polar surface area (TPSA) is 40.5 Å². The van der Waals surface area contributed by atoms with Crippen LogP contribution in [0.2, 0.25) is 0 Å². The van der Waals surface area contributed by atoms with E-state index in [1.807, 2.05) is 41.7 Å². The third-order valence-electron chi connectivity index (χ3n) is 2.22. The van der Waals surface area contributed by atoms with Gasteiger partial charge in [0.25, 0.3) is 0 Å². The zero-order valence-electron chi connectivity index (χ0n) is 8.70. The van der Waals surface area contributed by atoms with E-state index in [-0.39, 0.29) is 0 Å². The molecule has 2 N–H and O–H groups in total. The molecule has 0 amide bonds. The van der Waals surface area contributed by atoms with Crippen LogP contribution >= 0.6 is 22.6 Å². The van der Waals surface area contributed by atoms with E-state index in [1.165, 1.54) is 11.1 Å². The lowest BCUT2D eigenvalue weighted by molar-refractivity contribution is 0.385. The lowest BCUT2D eigenvalue weighted by Gasteiger charge is -2.10. The third-order valence-corrected chi connectivity index (χ3v) is 2.58. The number of aliphatic hydroxyl groups excluding tert-OH is 2. The lowest BCUT2D eigenvalue weighted by Crippen LogP contribution is -1.93. The van der Waals surface area contributed by atoms with Crippen LogP contribution in [0.15, 0.2) is 45.0 Å². The smallest absolute Gasteiger partial charge is 0.153 e. The third kappa shape index (κ3) is 5.06. The highest BCUT2D eigenvalue weighted by atomic mass is 127. The summed E-state index contributed by atoms with van der Waals surface area (Å²) in [6.45, 7) is 2.04. The molecule has 1 aliphatic carbocycles. The van der Waals surface area contributed by atoms with Gasteiger partial charge in [-0.3, -0.25) is 0 Å². The predicted octanol–water partition coefficient (Wildman–Crippen LogP) is 4.32. The van der Waals surface area contributed by atoms with Crippen LogP contribution < -0.4 is 0 Å². The number of halogens is 1. The molecular formula is C12H15IO2. The van der Waals surface area contributed by atoms with E-state index in [1.54, 1.807) is 12.2 Å². The molecule has 0 saturated carbocycles. The van der Waals surface area contributed by atoms with Crippen LogP contribution in [0.1, 0.15) is 26.2 Å². The second kappa shape index (κ2) is 6.00. The average Bonchev–Trinajstić information content (AvgIpc) is 2.19. The molecule has 2 nitrogen and oxygen atoms in total. The standard InChI is InChI=1S/C12H15IO2/c1-9(2-7-12(13)15)8-10-3-5-11(14)6-4-10/h2-3,5,7,14-15H,4,6,8H2,1H3/b9-2+,12-7+. The van der Waals surface area contributed by atoms with Crippen molar-refractivity contribution in [1.82, 2.24) is 0 Å². The fraction of sp³-hybridized carbons (Fsp3) is 0.333. The zero-order valence-corrected chi connectivity index (χ0v) is 10.9. The van der Waals surface area contributed by atoms with Gasteiger partial charge in [0, 0.05) is 6.42 Å². The highest BCUT2D eigenvalue weighted by Crippen LogP contribution is 2.22. The van der Waals surface area contributed by atoms with Crippen LogP contribution in [0.4, 0.5) is 0 Å². The maximum atomic E-state index is 9.20. The Morgan fingerprint density at radius 1 is 1.40 bits per heavy atom. The van der Waals surface area contributed by atoms with Gasteiger partial charge in [0.15, 0.2) is 3.77 Å². The van der Waals surface area contributed by atoms with Crippen LogP contribution in [-0.4, -0.2) is 10.2 Å². The Morgan fingerprint density at radius 3 is 2.67 bits per heavy atom. The number of allylic oxidation sites excluding steroid dienone is 7. The molecular weight excluding hydrogens is 303 g/mol. The van der Waals surface area contributed by atoms with Crippen molar-refractivity contribution < 1.29 is 10.2 Å². The summed E-state index contributed by atoms with van der Waals surface area (Å²) in [5, 5.41) is 18.2. The lowest BCUT2D eigenvalue weighted by atomic mass is 9.97. The minimum Gasteiger partial charge on any atom is -0.512 e. The van der Waals surface area contributed by atoms with E-state index in [0.717, 1.165) is 19.3 Å². The van der Waals surface area contributed by atoms with E-state index in [2.05, 4.69) is 0 Å². The molecule has 0 bridgehead atoms. The van der Waals surface area contributed by atoms with E-state index < -0.39 is 0 Å². The van der Waals surface area contributed by atoms with Gasteiger partial charge < -0.3 is 10.2 Å². The first-order chi connectivity index (χ1) is 7.08. The first-order valence-corrected chi connectivity index (χ1v) is 5.95. The Kier molecular flexibility index (Phi) is 4.94. The fourth-order valence-corrected chi connectivity index (χ4v) is 1.62. The van der Waals surface area contributed by atoms with Crippen LogP contribution in [-0.2, 0) is 0 Å². The van der Waals surface area contributed by atoms with Crippen molar-refractivity contribution in [3.05, 3.63) is 45.0 Å². The maximum absolute atomic E-state index is 9.20. The number of hydrogen-bond donors (Lipinski definition) is 2. The molecule has 0 radical (unpaired) electrons. The van der Waals surface area contributed by atoms with E-state index >= 15 is 0 Å². The van der Waals surface area contributed by atoms with Crippen molar-refractivity contribution in [2.24, 2.45) is 0 Å². The van der Waals surface area contributed by atoms with Crippen molar-refractivity contribution >= 4 is 22.6 Å². The summed E-state index contributed by atoms with van der Waals surface area (Å²) in [5.41, 5.74) is 2.53. The Balaban J connectivity index is 2.56. The van der Waals surface area contributed by atoms with Crippen LogP contribution in [0, 0.1) is 0 Å². The maximum Gasteiger partial charge on any atom is 0.153 e. The van der Waals surface area contributed by atoms with Gasteiger partial charge in [-0.1, -0.05) is 23.3 Å². The van der Waals surface area contributed by atoms with Gasteiger partial charge in [0.05, 0.1) is 5.76 Å². The van der Waals surface area contributed by atoms with Crippen LogP contribution in [0.3, 0.4) is 0 Å². The van der Waals surface area contributed by atoms with E-state index in [9.17, 15) is 5.11 Å².